The van der Waals surface area contributed by atoms with Crippen molar-refractivity contribution in [1.82, 2.24) is 4.98 Å². The van der Waals surface area contributed by atoms with Gasteiger partial charge in [-0.1, -0.05) is 49.4 Å². The number of rotatable bonds is 10. The quantitative estimate of drug-likeness (QED) is 0.145. The fourth-order valence-corrected chi connectivity index (χ4v) is 6.40. The zero-order valence-corrected chi connectivity index (χ0v) is 25.0. The summed E-state index contributed by atoms with van der Waals surface area (Å²) in [7, 11) is -3.44. The molecule has 1 aromatic heterocycles. The van der Waals surface area contributed by atoms with E-state index in [2.05, 4.69) is 4.98 Å². The van der Waals surface area contributed by atoms with Crippen LogP contribution < -0.4 is 0 Å². The van der Waals surface area contributed by atoms with Gasteiger partial charge in [0.25, 0.3) is 0 Å². The molecular weight excluding hydrogens is 545 g/mol. The van der Waals surface area contributed by atoms with Crippen LogP contribution in [0, 0.1) is 0 Å². The summed E-state index contributed by atoms with van der Waals surface area (Å²) < 4.78 is 46.5. The zero-order valence-electron chi connectivity index (χ0n) is 23.4. The van der Waals surface area contributed by atoms with Crippen LogP contribution in [0.15, 0.2) is 83.9 Å². The molecular formula is C32H34FNO4S2. The van der Waals surface area contributed by atoms with E-state index in [1.165, 1.54) is 18.0 Å². The number of halogens is 1. The van der Waals surface area contributed by atoms with Crippen molar-refractivity contribution in [2.75, 3.05) is 19.1 Å². The maximum absolute atomic E-state index is 16.7. The van der Waals surface area contributed by atoms with E-state index in [-0.39, 0.29) is 18.6 Å². The van der Waals surface area contributed by atoms with Crippen molar-refractivity contribution in [3.63, 3.8) is 0 Å². The van der Waals surface area contributed by atoms with Crippen LogP contribution in [0.3, 0.4) is 0 Å². The van der Waals surface area contributed by atoms with Gasteiger partial charge in [0.05, 0.1) is 16.9 Å². The number of fused-ring (bicyclic) bond motifs is 1. The fraction of sp³-hybridized carbons (Fsp3) is 0.312. The molecule has 4 aromatic rings. The molecule has 0 aliphatic carbocycles. The second-order valence-electron chi connectivity index (χ2n) is 10.1. The lowest BCUT2D eigenvalue weighted by atomic mass is 9.87. The largest absolute Gasteiger partial charge is 0.463 e. The molecule has 0 radical (unpaired) electrons. The maximum Gasteiger partial charge on any atom is 0.348 e. The maximum atomic E-state index is 16.7. The molecule has 40 heavy (non-hydrogen) atoms. The SMILES string of the molecule is CCOC(=O)C(F)(Cc1cccc(-c2cc(C(C)(CC)S(C)(=O)=O)cc3cccnc23)c1)c1ccc(SC)cc1. The molecule has 0 spiro atoms. The predicted molar refractivity (Wildman–Crippen MR) is 161 cm³/mol. The molecule has 0 amide bonds. The smallest absolute Gasteiger partial charge is 0.348 e. The lowest BCUT2D eigenvalue weighted by molar-refractivity contribution is -0.158. The van der Waals surface area contributed by atoms with Crippen molar-refractivity contribution in [3.05, 3.63) is 95.7 Å². The average molecular weight is 580 g/mol. The van der Waals surface area contributed by atoms with Crippen molar-refractivity contribution in [3.8, 4) is 11.1 Å². The van der Waals surface area contributed by atoms with Gasteiger partial charge < -0.3 is 4.74 Å². The molecule has 3 aromatic carbocycles. The van der Waals surface area contributed by atoms with E-state index in [1.807, 2.05) is 55.6 Å². The van der Waals surface area contributed by atoms with Crippen LogP contribution in [0.4, 0.5) is 4.39 Å². The van der Waals surface area contributed by atoms with Crippen molar-refractivity contribution >= 4 is 38.5 Å². The molecule has 0 fully saturated rings. The third-order valence-corrected chi connectivity index (χ3v) is 10.5. The number of nitrogens with zero attached hydrogens (tertiary/aromatic N) is 1. The highest BCUT2D eigenvalue weighted by Crippen LogP contribution is 2.39. The molecule has 210 valence electrons. The fourth-order valence-electron chi connectivity index (χ4n) is 4.92. The number of alkyl halides is 1. The number of sulfone groups is 1. The first-order valence-electron chi connectivity index (χ1n) is 13.2. The van der Waals surface area contributed by atoms with E-state index in [0.717, 1.165) is 21.4 Å². The van der Waals surface area contributed by atoms with E-state index in [9.17, 15) is 13.2 Å². The van der Waals surface area contributed by atoms with E-state index in [0.29, 0.717) is 23.1 Å². The van der Waals surface area contributed by atoms with Gasteiger partial charge in [0.15, 0.2) is 9.84 Å². The van der Waals surface area contributed by atoms with Crippen LogP contribution in [0.1, 0.15) is 43.9 Å². The Kier molecular flexibility index (Phi) is 8.71. The Labute approximate surface area is 240 Å². The van der Waals surface area contributed by atoms with E-state index in [1.54, 1.807) is 50.4 Å². The first kappa shape index (κ1) is 29.7. The summed E-state index contributed by atoms with van der Waals surface area (Å²) in [6.07, 6.45) is 5.06. The van der Waals surface area contributed by atoms with Crippen molar-refractivity contribution in [2.45, 2.75) is 48.9 Å². The summed E-state index contributed by atoms with van der Waals surface area (Å²) in [6, 6.07) is 21.6. The Hall–Kier alpha value is -3.23. The summed E-state index contributed by atoms with van der Waals surface area (Å²) in [5, 5.41) is 0.809. The van der Waals surface area contributed by atoms with E-state index >= 15 is 4.39 Å². The summed E-state index contributed by atoms with van der Waals surface area (Å²) in [6.45, 7) is 5.31. The van der Waals surface area contributed by atoms with Crippen molar-refractivity contribution in [1.29, 1.82) is 0 Å². The number of pyridine rings is 1. The Balaban J connectivity index is 1.85. The molecule has 1 heterocycles. The van der Waals surface area contributed by atoms with Crippen LogP contribution in [-0.4, -0.2) is 38.5 Å². The molecule has 2 atom stereocenters. The minimum atomic E-state index is -3.44. The summed E-state index contributed by atoms with van der Waals surface area (Å²) in [5.41, 5.74) is 1.30. The van der Waals surface area contributed by atoms with Crippen LogP contribution in [-0.2, 0) is 36.2 Å². The third kappa shape index (κ3) is 5.65. The molecule has 8 heteroatoms. The Morgan fingerprint density at radius 1 is 1.00 bits per heavy atom. The number of benzene rings is 3. The van der Waals surface area contributed by atoms with E-state index in [4.69, 9.17) is 4.74 Å². The second kappa shape index (κ2) is 11.7. The van der Waals surface area contributed by atoms with Gasteiger partial charge in [-0.05, 0) is 73.5 Å². The Morgan fingerprint density at radius 2 is 1.73 bits per heavy atom. The molecule has 0 saturated carbocycles. The second-order valence-corrected chi connectivity index (χ2v) is 13.4. The molecule has 2 unspecified atom stereocenters. The Morgan fingerprint density at radius 3 is 2.35 bits per heavy atom. The third-order valence-electron chi connectivity index (χ3n) is 7.64. The summed E-state index contributed by atoms with van der Waals surface area (Å²) >= 11 is 1.53. The van der Waals surface area contributed by atoms with Crippen LogP contribution in [0.5, 0.6) is 0 Å². The number of carbonyl (C=O) groups excluding carboxylic acids is 1. The average Bonchev–Trinajstić information content (AvgIpc) is 2.95. The zero-order chi connectivity index (χ0) is 29.1. The minimum Gasteiger partial charge on any atom is -0.463 e. The number of hydrogen-bond acceptors (Lipinski definition) is 6. The lowest BCUT2D eigenvalue weighted by Crippen LogP contribution is -2.35. The number of aromatic nitrogens is 1. The molecule has 0 N–H and O–H groups in total. The van der Waals surface area contributed by atoms with Crippen LogP contribution in [0.25, 0.3) is 22.0 Å². The summed E-state index contributed by atoms with van der Waals surface area (Å²) in [4.78, 5) is 18.5. The Bertz CT molecular complexity index is 1640. The predicted octanol–water partition coefficient (Wildman–Crippen LogP) is 7.26. The number of hydrogen-bond donors (Lipinski definition) is 0. The highest BCUT2D eigenvalue weighted by atomic mass is 32.2. The number of thioether (sulfide) groups is 1. The highest BCUT2D eigenvalue weighted by molar-refractivity contribution is 7.98. The van der Waals surface area contributed by atoms with Gasteiger partial charge in [0.2, 0.25) is 5.67 Å². The number of ether oxygens (including phenoxy) is 1. The van der Waals surface area contributed by atoms with Gasteiger partial charge in [-0.25, -0.2) is 17.6 Å². The van der Waals surface area contributed by atoms with Gasteiger partial charge in [-0.15, -0.1) is 11.8 Å². The highest BCUT2D eigenvalue weighted by Gasteiger charge is 2.42. The monoisotopic (exact) mass is 579 g/mol. The van der Waals surface area contributed by atoms with Crippen LogP contribution >= 0.6 is 11.8 Å². The van der Waals surface area contributed by atoms with Gasteiger partial charge >= 0.3 is 5.97 Å². The summed E-state index contributed by atoms with van der Waals surface area (Å²) in [5.74, 6) is -0.932. The van der Waals surface area contributed by atoms with Crippen LogP contribution in [0.2, 0.25) is 0 Å². The molecule has 0 bridgehead atoms. The number of carbonyl (C=O) groups is 1. The molecule has 0 aliphatic rings. The normalized spacial score (nSPS) is 14.8. The van der Waals surface area contributed by atoms with Gasteiger partial charge in [-0.2, -0.15) is 0 Å². The van der Waals surface area contributed by atoms with Crippen molar-refractivity contribution in [2.24, 2.45) is 0 Å². The molecule has 4 rings (SSSR count). The van der Waals surface area contributed by atoms with Crippen molar-refractivity contribution < 1.29 is 22.3 Å². The first-order chi connectivity index (χ1) is 19.0. The minimum absolute atomic E-state index is 0.0639. The topological polar surface area (TPSA) is 73.3 Å². The lowest BCUT2D eigenvalue weighted by Gasteiger charge is -2.28. The van der Waals surface area contributed by atoms with E-state index < -0.39 is 26.2 Å². The molecule has 0 saturated heterocycles. The molecule has 5 nitrogen and oxygen atoms in total. The van der Waals surface area contributed by atoms with Gasteiger partial charge in [0, 0.05) is 40.3 Å². The number of esters is 1. The molecule has 0 aliphatic heterocycles. The first-order valence-corrected chi connectivity index (χ1v) is 16.3. The standard InChI is InChI=1S/C32H34FNO4S2/c1-6-31(3,40(5,36)37)26-19-24-12-9-17-34-29(24)28(20-26)23-11-8-10-22(18-23)21-32(33,30(35)38-7-2)25-13-15-27(39-4)16-14-25/h8-20H,6-7,21H2,1-5H3. The van der Waals surface area contributed by atoms with Gasteiger partial charge in [-0.3, -0.25) is 4.98 Å². The van der Waals surface area contributed by atoms with Gasteiger partial charge in [0.1, 0.15) is 0 Å².